The molecule has 1 saturated heterocycles. The Morgan fingerprint density at radius 1 is 1.00 bits per heavy atom. The molecule has 0 bridgehead atoms. The van der Waals surface area contributed by atoms with Crippen LogP contribution < -0.4 is 9.46 Å². The van der Waals surface area contributed by atoms with E-state index in [0.29, 0.717) is 18.9 Å². The molecule has 0 aliphatic carbocycles. The third-order valence-corrected chi connectivity index (χ3v) is 7.23. The molecule has 0 saturated carbocycles. The second kappa shape index (κ2) is 7.62. The van der Waals surface area contributed by atoms with Crippen molar-refractivity contribution >= 4 is 10.0 Å². The van der Waals surface area contributed by atoms with Crippen LogP contribution in [0.1, 0.15) is 18.4 Å². The Hall–Kier alpha value is -1.89. The summed E-state index contributed by atoms with van der Waals surface area (Å²) in [5.41, 5.74) is 1.22. The molecule has 1 N–H and O–H groups in total. The molecule has 2 aliphatic rings. The number of nitrogens with zero attached hydrogens (tertiary/aromatic N) is 1. The van der Waals surface area contributed by atoms with Gasteiger partial charge >= 0.3 is 0 Å². The van der Waals surface area contributed by atoms with Gasteiger partial charge in [-0.15, -0.1) is 0 Å². The van der Waals surface area contributed by atoms with Crippen molar-refractivity contribution < 1.29 is 13.2 Å². The van der Waals surface area contributed by atoms with Crippen LogP contribution >= 0.6 is 0 Å². The Balaban J connectivity index is 1.39. The maximum absolute atomic E-state index is 12.6. The first kappa shape index (κ1) is 18.5. The fourth-order valence-corrected chi connectivity index (χ4v) is 5.20. The summed E-state index contributed by atoms with van der Waals surface area (Å²) in [6.07, 6.45) is 2.92. The molecule has 2 aliphatic heterocycles. The fourth-order valence-electron chi connectivity index (χ4n) is 3.90. The molecule has 0 unspecified atom stereocenters. The molecule has 2 aromatic carbocycles. The summed E-state index contributed by atoms with van der Waals surface area (Å²) in [5, 5.41) is 0. The van der Waals surface area contributed by atoms with Crippen molar-refractivity contribution in [3.05, 3.63) is 60.2 Å². The number of hydrogen-bond donors (Lipinski definition) is 1. The Morgan fingerprint density at radius 2 is 1.70 bits per heavy atom. The molecular weight excluding hydrogens is 360 g/mol. The highest BCUT2D eigenvalue weighted by Gasteiger charge is 2.38. The van der Waals surface area contributed by atoms with E-state index in [9.17, 15) is 8.42 Å². The van der Waals surface area contributed by atoms with E-state index in [1.54, 1.807) is 18.2 Å². The summed E-state index contributed by atoms with van der Waals surface area (Å²) in [5.74, 6) is 0.454. The molecule has 144 valence electrons. The second-order valence-electron chi connectivity index (χ2n) is 7.64. The van der Waals surface area contributed by atoms with Crippen LogP contribution in [-0.2, 0) is 16.4 Å². The van der Waals surface area contributed by atoms with E-state index in [1.807, 2.05) is 12.1 Å². The molecule has 2 heterocycles. The molecular formula is C21H26N2O3S. The first-order chi connectivity index (χ1) is 13.1. The topological polar surface area (TPSA) is 58.6 Å². The largest absolute Gasteiger partial charge is 0.492 e. The maximum Gasteiger partial charge on any atom is 0.244 e. The third kappa shape index (κ3) is 4.18. The van der Waals surface area contributed by atoms with Gasteiger partial charge in [-0.1, -0.05) is 42.5 Å². The molecule has 1 spiro atoms. The third-order valence-electron chi connectivity index (χ3n) is 5.79. The summed E-state index contributed by atoms with van der Waals surface area (Å²) in [7, 11) is -3.53. The summed E-state index contributed by atoms with van der Waals surface area (Å²) in [4.78, 5) is 2.71. The number of nitrogens with one attached hydrogen (secondary N) is 1. The van der Waals surface area contributed by atoms with Gasteiger partial charge in [0.25, 0.3) is 0 Å². The van der Waals surface area contributed by atoms with E-state index in [1.165, 1.54) is 5.56 Å². The van der Waals surface area contributed by atoms with Crippen LogP contribution in [0.25, 0.3) is 0 Å². The van der Waals surface area contributed by atoms with Crippen molar-refractivity contribution in [2.45, 2.75) is 24.2 Å². The number of rotatable bonds is 3. The number of fused-ring (bicyclic) bond motifs is 1. The first-order valence-corrected chi connectivity index (χ1v) is 11.0. The lowest BCUT2D eigenvalue weighted by Gasteiger charge is -2.42. The predicted molar refractivity (Wildman–Crippen MR) is 105 cm³/mol. The van der Waals surface area contributed by atoms with Crippen LogP contribution in [-0.4, -0.2) is 46.1 Å². The van der Waals surface area contributed by atoms with Crippen LogP contribution in [0.5, 0.6) is 5.75 Å². The smallest absolute Gasteiger partial charge is 0.244 e. The van der Waals surface area contributed by atoms with E-state index in [4.69, 9.17) is 4.74 Å². The Bertz CT molecular complexity index is 875. The zero-order chi connectivity index (χ0) is 18.7. The van der Waals surface area contributed by atoms with Crippen LogP contribution in [0.4, 0.5) is 0 Å². The number of benzene rings is 2. The molecule has 2 aromatic rings. The van der Waals surface area contributed by atoms with Crippen molar-refractivity contribution in [2.75, 3.05) is 32.8 Å². The molecule has 0 radical (unpaired) electrons. The van der Waals surface area contributed by atoms with Gasteiger partial charge in [-0.3, -0.25) is 0 Å². The summed E-state index contributed by atoms with van der Waals surface area (Å²) < 4.78 is 34.0. The fraction of sp³-hybridized carbons (Fsp3) is 0.429. The molecule has 0 amide bonds. The monoisotopic (exact) mass is 386 g/mol. The van der Waals surface area contributed by atoms with Gasteiger partial charge in [0.1, 0.15) is 10.6 Å². The Morgan fingerprint density at radius 3 is 2.48 bits per heavy atom. The van der Waals surface area contributed by atoms with E-state index in [0.717, 1.165) is 38.9 Å². The van der Waals surface area contributed by atoms with Crippen molar-refractivity contribution in [1.29, 1.82) is 0 Å². The predicted octanol–water partition coefficient (Wildman–Crippen LogP) is 2.68. The lowest BCUT2D eigenvalue weighted by atomic mass is 9.79. The van der Waals surface area contributed by atoms with Gasteiger partial charge in [0.15, 0.2) is 0 Å². The number of sulfonamides is 1. The van der Waals surface area contributed by atoms with Gasteiger partial charge in [-0.25, -0.2) is 13.1 Å². The minimum atomic E-state index is -3.53. The lowest BCUT2D eigenvalue weighted by Crippen LogP contribution is -2.50. The number of hydrogen-bond acceptors (Lipinski definition) is 4. The van der Waals surface area contributed by atoms with Gasteiger partial charge < -0.3 is 9.64 Å². The summed E-state index contributed by atoms with van der Waals surface area (Å²) in [6.45, 7) is 3.98. The molecule has 0 aromatic heterocycles. The minimum Gasteiger partial charge on any atom is -0.492 e. The SMILES string of the molecule is O=S1(=O)NCC2(CCN(CCc3ccccc3)CC2)COc2ccccc21. The average molecular weight is 387 g/mol. The van der Waals surface area contributed by atoms with Gasteiger partial charge in [0.2, 0.25) is 10.0 Å². The highest BCUT2D eigenvalue weighted by molar-refractivity contribution is 7.89. The molecule has 4 rings (SSSR count). The average Bonchev–Trinajstić information content (AvgIpc) is 2.71. The van der Waals surface area contributed by atoms with Crippen LogP contribution in [0, 0.1) is 5.41 Å². The second-order valence-corrected chi connectivity index (χ2v) is 9.37. The van der Waals surface area contributed by atoms with Crippen LogP contribution in [0.15, 0.2) is 59.5 Å². The Labute approximate surface area is 161 Å². The van der Waals surface area contributed by atoms with Crippen molar-refractivity contribution in [1.82, 2.24) is 9.62 Å². The zero-order valence-electron chi connectivity index (χ0n) is 15.4. The first-order valence-electron chi connectivity index (χ1n) is 9.54. The van der Waals surface area contributed by atoms with E-state index >= 15 is 0 Å². The highest BCUT2D eigenvalue weighted by atomic mass is 32.2. The van der Waals surface area contributed by atoms with Gasteiger partial charge in [-0.05, 0) is 50.0 Å². The molecule has 5 nitrogen and oxygen atoms in total. The van der Waals surface area contributed by atoms with E-state index in [2.05, 4.69) is 33.9 Å². The van der Waals surface area contributed by atoms with E-state index < -0.39 is 10.0 Å². The minimum absolute atomic E-state index is 0.135. The van der Waals surface area contributed by atoms with Crippen molar-refractivity contribution in [2.24, 2.45) is 5.41 Å². The number of piperidine rings is 1. The zero-order valence-corrected chi connectivity index (χ0v) is 16.2. The maximum atomic E-state index is 12.6. The molecule has 6 heteroatoms. The van der Waals surface area contributed by atoms with Gasteiger partial charge in [-0.2, -0.15) is 0 Å². The molecule has 1 fully saturated rings. The quantitative estimate of drug-likeness (QED) is 0.881. The van der Waals surface area contributed by atoms with Crippen LogP contribution in [0.3, 0.4) is 0 Å². The number of ether oxygens (including phenoxy) is 1. The standard InChI is InChI=1S/C21H26N2O3S/c24-27(25)20-9-5-4-8-19(20)26-17-21(16-22-27)11-14-23(15-12-21)13-10-18-6-2-1-3-7-18/h1-9,22H,10-17H2. The van der Waals surface area contributed by atoms with Crippen LogP contribution in [0.2, 0.25) is 0 Å². The summed E-state index contributed by atoms with van der Waals surface area (Å²) in [6, 6.07) is 17.4. The number of para-hydroxylation sites is 1. The van der Waals surface area contributed by atoms with Gasteiger partial charge in [0, 0.05) is 18.5 Å². The molecule has 0 atom stereocenters. The lowest BCUT2D eigenvalue weighted by molar-refractivity contribution is 0.0558. The highest BCUT2D eigenvalue weighted by Crippen LogP contribution is 2.35. The van der Waals surface area contributed by atoms with E-state index in [-0.39, 0.29) is 10.3 Å². The van der Waals surface area contributed by atoms with Gasteiger partial charge in [0.05, 0.1) is 6.61 Å². The molecule has 27 heavy (non-hydrogen) atoms. The Kier molecular flexibility index (Phi) is 5.21. The summed E-state index contributed by atoms with van der Waals surface area (Å²) >= 11 is 0. The number of likely N-dealkylation sites (tertiary alicyclic amines) is 1. The van der Waals surface area contributed by atoms with Crippen molar-refractivity contribution in [3.63, 3.8) is 0 Å². The normalized spacial score (nSPS) is 21.6. The van der Waals surface area contributed by atoms with Crippen molar-refractivity contribution in [3.8, 4) is 5.75 Å².